The molecule has 1 aromatic rings. The van der Waals surface area contributed by atoms with Crippen LogP contribution in [0.4, 0.5) is 11.6 Å². The highest BCUT2D eigenvalue weighted by molar-refractivity contribution is 5.50. The summed E-state index contributed by atoms with van der Waals surface area (Å²) >= 11 is 0. The molecule has 5 nitrogen and oxygen atoms in total. The fourth-order valence-corrected chi connectivity index (χ4v) is 2.62. The Bertz CT molecular complexity index is 476. The van der Waals surface area contributed by atoms with E-state index in [1.54, 1.807) is 0 Å². The van der Waals surface area contributed by atoms with E-state index in [4.69, 9.17) is 10.8 Å². The van der Waals surface area contributed by atoms with E-state index in [1.807, 2.05) is 6.07 Å². The van der Waals surface area contributed by atoms with Gasteiger partial charge < -0.3 is 10.3 Å². The van der Waals surface area contributed by atoms with Crippen molar-refractivity contribution in [3.8, 4) is 0 Å². The normalized spacial score (nSPS) is 19.0. The Morgan fingerprint density at radius 2 is 2.00 bits per heavy atom. The summed E-state index contributed by atoms with van der Waals surface area (Å²) in [6.45, 7) is 13.1. The molecule has 1 saturated heterocycles. The van der Waals surface area contributed by atoms with E-state index in [1.165, 1.54) is 12.8 Å². The molecule has 0 aliphatic carbocycles. The van der Waals surface area contributed by atoms with Crippen LogP contribution >= 0.6 is 0 Å². The second-order valence-electron chi connectivity index (χ2n) is 7.52. The Kier molecular flexibility index (Phi) is 3.91. The van der Waals surface area contributed by atoms with E-state index in [0.717, 1.165) is 24.7 Å². The van der Waals surface area contributed by atoms with Crippen LogP contribution < -0.4 is 16.2 Å². The minimum atomic E-state index is -0.0904. The molecule has 0 amide bonds. The van der Waals surface area contributed by atoms with Gasteiger partial charge in [-0.05, 0) is 18.3 Å². The highest BCUT2D eigenvalue weighted by Gasteiger charge is 2.28. The van der Waals surface area contributed by atoms with Gasteiger partial charge in [-0.2, -0.15) is 0 Å². The summed E-state index contributed by atoms with van der Waals surface area (Å²) in [6, 6.07) is 1.94. The third kappa shape index (κ3) is 3.39. The number of hydrogen-bond donors (Lipinski definition) is 2. The second kappa shape index (κ2) is 5.20. The number of rotatable bonds is 2. The van der Waals surface area contributed by atoms with Crippen LogP contribution in [0.2, 0.25) is 0 Å². The quantitative estimate of drug-likeness (QED) is 0.642. The number of hydrogen-bond acceptors (Lipinski definition) is 5. The van der Waals surface area contributed by atoms with E-state index >= 15 is 0 Å². The molecule has 112 valence electrons. The SMILES string of the molecule is CC1(C)CCCN(c2cc(NN)nc(C(C)(C)C)n2)C1. The zero-order chi connectivity index (χ0) is 15.0. The molecular weight excluding hydrogens is 250 g/mol. The average Bonchev–Trinajstić information content (AvgIpc) is 2.36. The molecule has 0 unspecified atom stereocenters. The molecule has 20 heavy (non-hydrogen) atoms. The van der Waals surface area contributed by atoms with Crippen LogP contribution in [0.1, 0.15) is 53.3 Å². The molecule has 1 aromatic heterocycles. The molecule has 2 rings (SSSR count). The van der Waals surface area contributed by atoms with Crippen LogP contribution in [0, 0.1) is 5.41 Å². The largest absolute Gasteiger partial charge is 0.356 e. The van der Waals surface area contributed by atoms with Gasteiger partial charge in [0.05, 0.1) is 0 Å². The molecule has 0 bridgehead atoms. The minimum Gasteiger partial charge on any atom is -0.356 e. The molecule has 0 aromatic carbocycles. The lowest BCUT2D eigenvalue weighted by molar-refractivity contribution is 0.292. The molecule has 1 aliphatic rings. The summed E-state index contributed by atoms with van der Waals surface area (Å²) in [4.78, 5) is 11.6. The summed E-state index contributed by atoms with van der Waals surface area (Å²) in [6.07, 6.45) is 2.47. The first-order valence-corrected chi connectivity index (χ1v) is 7.32. The van der Waals surface area contributed by atoms with Gasteiger partial charge in [-0.3, -0.25) is 0 Å². The van der Waals surface area contributed by atoms with Crippen molar-refractivity contribution in [1.29, 1.82) is 0 Å². The Labute approximate surface area is 121 Å². The molecule has 3 N–H and O–H groups in total. The lowest BCUT2D eigenvalue weighted by Crippen LogP contribution is -2.41. The molecule has 2 heterocycles. The Morgan fingerprint density at radius 1 is 1.30 bits per heavy atom. The summed E-state index contributed by atoms with van der Waals surface area (Å²) in [5, 5.41) is 0. The predicted molar refractivity (Wildman–Crippen MR) is 83.8 cm³/mol. The van der Waals surface area contributed by atoms with Gasteiger partial charge in [0.1, 0.15) is 17.5 Å². The maximum absolute atomic E-state index is 5.55. The van der Waals surface area contributed by atoms with Gasteiger partial charge in [0.15, 0.2) is 0 Å². The Balaban J connectivity index is 2.36. The lowest BCUT2D eigenvalue weighted by atomic mass is 9.84. The average molecular weight is 277 g/mol. The summed E-state index contributed by atoms with van der Waals surface area (Å²) in [7, 11) is 0. The Morgan fingerprint density at radius 3 is 2.55 bits per heavy atom. The maximum Gasteiger partial charge on any atom is 0.145 e. The smallest absolute Gasteiger partial charge is 0.145 e. The van der Waals surface area contributed by atoms with E-state index in [2.05, 4.69) is 49.9 Å². The fourth-order valence-electron chi connectivity index (χ4n) is 2.62. The molecule has 1 aliphatic heterocycles. The number of piperidine rings is 1. The van der Waals surface area contributed by atoms with Crippen LogP contribution in [0.15, 0.2) is 6.07 Å². The van der Waals surface area contributed by atoms with Crippen molar-refractivity contribution in [2.24, 2.45) is 11.3 Å². The lowest BCUT2D eigenvalue weighted by Gasteiger charge is -2.39. The van der Waals surface area contributed by atoms with Crippen LogP contribution in [0.25, 0.3) is 0 Å². The number of anilines is 2. The Hall–Kier alpha value is -1.36. The summed E-state index contributed by atoms with van der Waals surface area (Å²) in [5.41, 5.74) is 2.91. The number of nitrogens with one attached hydrogen (secondary N) is 1. The van der Waals surface area contributed by atoms with Crippen LogP contribution in [-0.4, -0.2) is 23.1 Å². The number of nitrogen functional groups attached to an aromatic ring is 1. The van der Waals surface area contributed by atoms with Crippen LogP contribution in [0.3, 0.4) is 0 Å². The van der Waals surface area contributed by atoms with E-state index in [0.29, 0.717) is 11.2 Å². The van der Waals surface area contributed by atoms with Crippen molar-refractivity contribution in [3.63, 3.8) is 0 Å². The van der Waals surface area contributed by atoms with Crippen molar-refractivity contribution in [3.05, 3.63) is 11.9 Å². The number of nitrogens with zero attached hydrogens (tertiary/aromatic N) is 3. The second-order valence-corrected chi connectivity index (χ2v) is 7.52. The minimum absolute atomic E-state index is 0.0904. The molecule has 0 radical (unpaired) electrons. The molecule has 5 heteroatoms. The number of nitrogens with two attached hydrogens (primary N) is 1. The molecule has 0 atom stereocenters. The van der Waals surface area contributed by atoms with E-state index < -0.39 is 0 Å². The zero-order valence-corrected chi connectivity index (χ0v) is 13.3. The van der Waals surface area contributed by atoms with Gasteiger partial charge in [0.25, 0.3) is 0 Å². The predicted octanol–water partition coefficient (Wildman–Crippen LogP) is 2.69. The molecule has 0 spiro atoms. The zero-order valence-electron chi connectivity index (χ0n) is 13.3. The van der Waals surface area contributed by atoms with E-state index in [9.17, 15) is 0 Å². The first-order valence-electron chi connectivity index (χ1n) is 7.32. The monoisotopic (exact) mass is 277 g/mol. The molecule has 1 fully saturated rings. The van der Waals surface area contributed by atoms with Crippen molar-refractivity contribution >= 4 is 11.6 Å². The van der Waals surface area contributed by atoms with Gasteiger partial charge in [-0.1, -0.05) is 34.6 Å². The third-order valence-corrected chi connectivity index (χ3v) is 3.76. The van der Waals surface area contributed by atoms with Crippen molar-refractivity contribution in [2.75, 3.05) is 23.4 Å². The van der Waals surface area contributed by atoms with Crippen molar-refractivity contribution in [1.82, 2.24) is 9.97 Å². The maximum atomic E-state index is 5.55. The van der Waals surface area contributed by atoms with Crippen molar-refractivity contribution in [2.45, 2.75) is 52.9 Å². The van der Waals surface area contributed by atoms with E-state index in [-0.39, 0.29) is 5.41 Å². The standard InChI is InChI=1S/C15H27N5/c1-14(2,3)13-17-11(19-16)9-12(18-13)20-8-6-7-15(4,5)10-20/h9H,6-8,10,16H2,1-5H3,(H,17,18,19). The molecular formula is C15H27N5. The highest BCUT2D eigenvalue weighted by Crippen LogP contribution is 2.32. The number of hydrazine groups is 1. The van der Waals surface area contributed by atoms with Gasteiger partial charge in [-0.15, -0.1) is 0 Å². The topological polar surface area (TPSA) is 67.1 Å². The highest BCUT2D eigenvalue weighted by atomic mass is 15.3. The van der Waals surface area contributed by atoms with Gasteiger partial charge in [0.2, 0.25) is 0 Å². The molecule has 0 saturated carbocycles. The van der Waals surface area contributed by atoms with Gasteiger partial charge in [-0.25, -0.2) is 15.8 Å². The van der Waals surface area contributed by atoms with Crippen molar-refractivity contribution < 1.29 is 0 Å². The third-order valence-electron chi connectivity index (χ3n) is 3.76. The first-order chi connectivity index (χ1) is 9.21. The number of aromatic nitrogens is 2. The summed E-state index contributed by atoms with van der Waals surface area (Å²) < 4.78 is 0. The van der Waals surface area contributed by atoms with Crippen LogP contribution in [0.5, 0.6) is 0 Å². The van der Waals surface area contributed by atoms with Gasteiger partial charge >= 0.3 is 0 Å². The fraction of sp³-hybridized carbons (Fsp3) is 0.733. The van der Waals surface area contributed by atoms with Crippen LogP contribution in [-0.2, 0) is 5.41 Å². The first kappa shape index (κ1) is 15.0. The van der Waals surface area contributed by atoms with Gasteiger partial charge in [0, 0.05) is 24.6 Å². The summed E-state index contributed by atoms with van der Waals surface area (Å²) in [5.74, 6) is 8.04.